The normalized spacial score (nSPS) is 16.6. The maximum absolute atomic E-state index is 12.1. The molecule has 0 unspecified atom stereocenters. The van der Waals surface area contributed by atoms with E-state index in [4.69, 9.17) is 4.74 Å². The van der Waals surface area contributed by atoms with E-state index in [1.807, 2.05) is 13.0 Å². The van der Waals surface area contributed by atoms with E-state index in [9.17, 15) is 4.79 Å². The lowest BCUT2D eigenvalue weighted by atomic mass is 9.72. The number of allylic oxidation sites excluding steroid dienone is 17. The lowest BCUT2D eigenvalue weighted by Gasteiger charge is -2.32. The third-order valence-electron chi connectivity index (χ3n) is 8.64. The summed E-state index contributed by atoms with van der Waals surface area (Å²) in [5.74, 6) is -0.0833. The van der Waals surface area contributed by atoms with Crippen molar-refractivity contribution in [3.05, 3.63) is 107 Å². The molecule has 0 saturated carbocycles. The van der Waals surface area contributed by atoms with E-state index in [1.54, 1.807) is 0 Å². The van der Waals surface area contributed by atoms with E-state index in [2.05, 4.69) is 114 Å². The van der Waals surface area contributed by atoms with Crippen LogP contribution in [0.15, 0.2) is 107 Å². The van der Waals surface area contributed by atoms with Gasteiger partial charge in [-0.05, 0) is 102 Å². The number of ether oxygens (including phenoxy) is 1. The molecule has 2 heteroatoms. The Kier molecular flexibility index (Phi) is 24.4. The molecule has 2 nitrogen and oxygen atoms in total. The van der Waals surface area contributed by atoms with Crippen LogP contribution in [0.3, 0.4) is 0 Å². The van der Waals surface area contributed by atoms with Gasteiger partial charge in [-0.15, -0.1) is 0 Å². The van der Waals surface area contributed by atoms with Crippen molar-refractivity contribution in [2.75, 3.05) is 6.61 Å². The molecule has 0 fully saturated rings. The Hall–Kier alpha value is -2.87. The van der Waals surface area contributed by atoms with Gasteiger partial charge in [-0.3, -0.25) is 4.79 Å². The molecule has 46 heavy (non-hydrogen) atoms. The summed E-state index contributed by atoms with van der Waals surface area (Å²) < 4.78 is 5.42. The highest BCUT2D eigenvalue weighted by atomic mass is 16.5. The third kappa shape index (κ3) is 22.6. The molecule has 0 saturated heterocycles. The van der Waals surface area contributed by atoms with Gasteiger partial charge in [0.2, 0.25) is 0 Å². The van der Waals surface area contributed by atoms with E-state index in [0.717, 1.165) is 44.1 Å². The van der Waals surface area contributed by atoms with Crippen LogP contribution in [0.25, 0.3) is 0 Å². The number of hydrogen-bond donors (Lipinski definition) is 0. The zero-order chi connectivity index (χ0) is 33.7. The first kappa shape index (κ1) is 41.2. The fourth-order valence-electron chi connectivity index (χ4n) is 5.73. The van der Waals surface area contributed by atoms with E-state index in [0.29, 0.717) is 13.0 Å². The second-order valence-electron chi connectivity index (χ2n) is 13.5. The van der Waals surface area contributed by atoms with Crippen LogP contribution in [0.1, 0.15) is 151 Å². The summed E-state index contributed by atoms with van der Waals surface area (Å²) in [5, 5.41) is 0. The van der Waals surface area contributed by atoms with E-state index in [1.165, 1.54) is 80.9 Å². The minimum atomic E-state index is -0.0833. The summed E-state index contributed by atoms with van der Waals surface area (Å²) in [5.41, 5.74) is 5.62. The van der Waals surface area contributed by atoms with E-state index < -0.39 is 0 Å². The highest BCUT2D eigenvalue weighted by Crippen LogP contribution is 2.40. The fourth-order valence-corrected chi connectivity index (χ4v) is 5.73. The quantitative estimate of drug-likeness (QED) is 0.0460. The maximum Gasteiger partial charge on any atom is 0.306 e. The summed E-state index contributed by atoms with van der Waals surface area (Å²) in [7, 11) is 0. The number of hydrogen-bond acceptors (Lipinski definition) is 2. The first-order chi connectivity index (χ1) is 22.3. The minimum absolute atomic E-state index is 0.0833. The minimum Gasteiger partial charge on any atom is -0.461 e. The van der Waals surface area contributed by atoms with Crippen LogP contribution < -0.4 is 0 Å². The molecule has 0 spiro atoms. The molecule has 1 aliphatic rings. The van der Waals surface area contributed by atoms with Gasteiger partial charge in [-0.25, -0.2) is 0 Å². The summed E-state index contributed by atoms with van der Waals surface area (Å²) in [4.78, 5) is 12.1. The molecule has 0 aromatic carbocycles. The SMILES string of the molecule is CC/C=C\C/C=C\C/C=C\C/C=C\CCCCCCCCCCC(=O)OC/C=C(C)/C=C/C=C(C)/C=C/C1=C(C)CCCC1(C)C. The number of carbonyl (C=O) groups excluding carboxylic acids is 1. The zero-order valence-corrected chi connectivity index (χ0v) is 30.6. The van der Waals surface area contributed by atoms with Gasteiger partial charge in [0.1, 0.15) is 6.61 Å². The Labute approximate surface area is 284 Å². The lowest BCUT2D eigenvalue weighted by Crippen LogP contribution is -2.19. The molecule has 0 N–H and O–H groups in total. The molecule has 0 aromatic rings. The largest absolute Gasteiger partial charge is 0.461 e. The van der Waals surface area contributed by atoms with Crippen molar-refractivity contribution in [1.82, 2.24) is 0 Å². The van der Waals surface area contributed by atoms with Crippen molar-refractivity contribution in [2.45, 2.75) is 151 Å². The second-order valence-corrected chi connectivity index (χ2v) is 13.5. The Balaban J connectivity index is 2.03. The van der Waals surface area contributed by atoms with Crippen molar-refractivity contribution in [1.29, 1.82) is 0 Å². The second kappa shape index (κ2) is 27.3. The number of unbranched alkanes of at least 4 members (excludes halogenated alkanes) is 8. The van der Waals surface area contributed by atoms with Crippen molar-refractivity contribution < 1.29 is 9.53 Å². The molecular formula is C44H68O2. The van der Waals surface area contributed by atoms with E-state index in [-0.39, 0.29) is 11.4 Å². The average molecular weight is 629 g/mol. The van der Waals surface area contributed by atoms with Gasteiger partial charge in [0, 0.05) is 6.42 Å². The van der Waals surface area contributed by atoms with Crippen LogP contribution in [0, 0.1) is 5.41 Å². The summed E-state index contributed by atoms with van der Waals surface area (Å²) in [6, 6.07) is 0. The monoisotopic (exact) mass is 629 g/mol. The molecule has 256 valence electrons. The predicted molar refractivity (Wildman–Crippen MR) is 204 cm³/mol. The maximum atomic E-state index is 12.1. The number of esters is 1. The van der Waals surface area contributed by atoms with Crippen LogP contribution in [0.5, 0.6) is 0 Å². The molecule has 0 aliphatic heterocycles. The molecule has 0 radical (unpaired) electrons. The van der Waals surface area contributed by atoms with Gasteiger partial charge in [0.05, 0.1) is 0 Å². The predicted octanol–water partition coefficient (Wildman–Crippen LogP) is 13.8. The standard InChI is InChI=1S/C44H68O2/c1-7-8-9-10-11-12-13-14-15-16-17-18-19-20-21-22-23-24-25-26-27-33-43(45)46-38-36-40(3)31-28-30-39(2)34-35-42-41(4)32-29-37-44(42,5)6/h8-9,11-12,14-15,17-18,28,30-31,34-36H,7,10,13,16,19-27,29,32-33,37-38H2,1-6H3/b9-8-,12-11-,15-14-,18-17-,31-28+,35-34+,39-30+,40-36+. The van der Waals surface area contributed by atoms with Crippen molar-refractivity contribution >= 4 is 5.97 Å². The van der Waals surface area contributed by atoms with Gasteiger partial charge in [-0.1, -0.05) is 155 Å². The number of rotatable bonds is 24. The highest BCUT2D eigenvalue weighted by Gasteiger charge is 2.26. The van der Waals surface area contributed by atoms with Crippen molar-refractivity contribution in [3.8, 4) is 0 Å². The first-order valence-corrected chi connectivity index (χ1v) is 18.4. The first-order valence-electron chi connectivity index (χ1n) is 18.4. The average Bonchev–Trinajstić information content (AvgIpc) is 3.01. The molecular weight excluding hydrogens is 560 g/mol. The molecule has 1 rings (SSSR count). The molecule has 0 bridgehead atoms. The molecule has 0 heterocycles. The van der Waals surface area contributed by atoms with Gasteiger partial charge in [-0.2, -0.15) is 0 Å². The molecule has 0 atom stereocenters. The van der Waals surface area contributed by atoms with Gasteiger partial charge in [0.25, 0.3) is 0 Å². The van der Waals surface area contributed by atoms with E-state index >= 15 is 0 Å². The third-order valence-corrected chi connectivity index (χ3v) is 8.64. The Morgan fingerprint density at radius 2 is 1.35 bits per heavy atom. The zero-order valence-electron chi connectivity index (χ0n) is 30.6. The van der Waals surface area contributed by atoms with Crippen LogP contribution in [0.4, 0.5) is 0 Å². The fraction of sp³-hybridized carbons (Fsp3) is 0.568. The van der Waals surface area contributed by atoms with Gasteiger partial charge in [0.15, 0.2) is 0 Å². The number of carbonyl (C=O) groups is 1. The smallest absolute Gasteiger partial charge is 0.306 e. The molecule has 1 aliphatic carbocycles. The summed E-state index contributed by atoms with van der Waals surface area (Å²) in [6.45, 7) is 13.7. The Morgan fingerprint density at radius 3 is 1.98 bits per heavy atom. The molecule has 0 aromatic heterocycles. The Bertz CT molecular complexity index is 1100. The van der Waals surface area contributed by atoms with Gasteiger partial charge < -0.3 is 4.74 Å². The summed E-state index contributed by atoms with van der Waals surface area (Å²) in [6.07, 6.45) is 50.3. The van der Waals surface area contributed by atoms with Crippen molar-refractivity contribution in [3.63, 3.8) is 0 Å². The highest BCUT2D eigenvalue weighted by molar-refractivity contribution is 5.69. The summed E-state index contributed by atoms with van der Waals surface area (Å²) >= 11 is 0. The van der Waals surface area contributed by atoms with Crippen LogP contribution in [0.2, 0.25) is 0 Å². The topological polar surface area (TPSA) is 26.3 Å². The van der Waals surface area contributed by atoms with Gasteiger partial charge >= 0.3 is 5.97 Å². The lowest BCUT2D eigenvalue weighted by molar-refractivity contribution is -0.142. The van der Waals surface area contributed by atoms with Crippen LogP contribution >= 0.6 is 0 Å². The van der Waals surface area contributed by atoms with Crippen molar-refractivity contribution in [2.24, 2.45) is 5.41 Å². The molecule has 0 amide bonds. The van der Waals surface area contributed by atoms with Crippen LogP contribution in [-0.4, -0.2) is 12.6 Å². The van der Waals surface area contributed by atoms with Crippen LogP contribution in [-0.2, 0) is 9.53 Å². The Morgan fingerprint density at radius 1 is 0.761 bits per heavy atom.